The van der Waals surface area contributed by atoms with Crippen molar-refractivity contribution in [2.45, 2.75) is 25.8 Å². The minimum absolute atomic E-state index is 0. The van der Waals surface area contributed by atoms with Crippen LogP contribution in [0, 0.1) is 5.82 Å². The van der Waals surface area contributed by atoms with Crippen molar-refractivity contribution < 1.29 is 9.13 Å². The highest BCUT2D eigenvalue weighted by Crippen LogP contribution is 2.35. The number of nitrogen functional groups attached to an aromatic ring is 1. The molecule has 168 valence electrons. The Kier molecular flexibility index (Phi) is 7.61. The number of likely N-dealkylation sites (N-methyl/N-ethyl adjacent to an activating group) is 1. The molecular weight excluding hydrogens is 431 g/mol. The van der Waals surface area contributed by atoms with Crippen LogP contribution in [0.1, 0.15) is 25.8 Å². The minimum Gasteiger partial charge on any atom is -0.457 e. The Morgan fingerprint density at radius 3 is 2.59 bits per heavy atom. The van der Waals surface area contributed by atoms with Gasteiger partial charge in [0.25, 0.3) is 0 Å². The lowest BCUT2D eigenvalue weighted by molar-refractivity contribution is 0.416. The van der Waals surface area contributed by atoms with Crippen LogP contribution in [0.2, 0.25) is 0 Å². The third-order valence-corrected chi connectivity index (χ3v) is 5.10. The number of para-hydroxylation sites is 1. The molecule has 0 fully saturated rings. The Bertz CT molecular complexity index is 1180. The molecule has 0 saturated heterocycles. The van der Waals surface area contributed by atoms with Crippen molar-refractivity contribution in [3.63, 3.8) is 0 Å². The normalized spacial score (nSPS) is 11.8. The van der Waals surface area contributed by atoms with E-state index in [1.54, 1.807) is 12.1 Å². The molecule has 4 aromatic rings. The molecule has 0 aliphatic rings. The molecular formula is C23H26ClFN6O. The van der Waals surface area contributed by atoms with Crippen LogP contribution in [0.5, 0.6) is 11.5 Å². The second kappa shape index (κ2) is 10.4. The van der Waals surface area contributed by atoms with E-state index in [2.05, 4.69) is 22.2 Å². The zero-order chi connectivity index (χ0) is 21.8. The molecule has 7 nitrogen and oxygen atoms in total. The maximum atomic E-state index is 15.2. The van der Waals surface area contributed by atoms with E-state index in [0.717, 1.165) is 12.8 Å². The van der Waals surface area contributed by atoms with Crippen molar-refractivity contribution in [2.24, 2.45) is 0 Å². The first-order chi connectivity index (χ1) is 15.1. The number of nitrogens with zero attached hydrogens (tertiary/aromatic N) is 4. The summed E-state index contributed by atoms with van der Waals surface area (Å²) < 4.78 is 22.8. The first kappa shape index (κ1) is 23.4. The van der Waals surface area contributed by atoms with Crippen molar-refractivity contribution in [1.82, 2.24) is 25.1 Å². The van der Waals surface area contributed by atoms with E-state index in [9.17, 15) is 0 Å². The molecule has 1 unspecified atom stereocenters. The summed E-state index contributed by atoms with van der Waals surface area (Å²) in [7, 11) is 1.89. The minimum atomic E-state index is -0.455. The van der Waals surface area contributed by atoms with Gasteiger partial charge in [0.2, 0.25) is 0 Å². The van der Waals surface area contributed by atoms with Gasteiger partial charge >= 0.3 is 0 Å². The van der Waals surface area contributed by atoms with Crippen LogP contribution in [-0.2, 0) is 0 Å². The Hall–Kier alpha value is -3.23. The van der Waals surface area contributed by atoms with E-state index in [0.29, 0.717) is 40.3 Å². The molecule has 3 N–H and O–H groups in total. The number of nitrogens with two attached hydrogens (primary N) is 1. The summed E-state index contributed by atoms with van der Waals surface area (Å²) >= 11 is 0. The fourth-order valence-corrected chi connectivity index (χ4v) is 3.69. The number of benzene rings is 2. The summed E-state index contributed by atoms with van der Waals surface area (Å²) in [6.07, 6.45) is 3.28. The molecule has 0 saturated carbocycles. The smallest absolute Gasteiger partial charge is 0.164 e. The summed E-state index contributed by atoms with van der Waals surface area (Å²) in [6.45, 7) is 2.82. The summed E-state index contributed by atoms with van der Waals surface area (Å²) in [5.41, 5.74) is 7.52. The summed E-state index contributed by atoms with van der Waals surface area (Å²) in [5.74, 6) is 0.856. The monoisotopic (exact) mass is 456 g/mol. The first-order valence-electron chi connectivity index (χ1n) is 10.3. The van der Waals surface area contributed by atoms with E-state index < -0.39 is 5.82 Å². The molecule has 1 atom stereocenters. The molecule has 4 rings (SSSR count). The van der Waals surface area contributed by atoms with Crippen LogP contribution < -0.4 is 15.8 Å². The molecule has 0 amide bonds. The number of nitrogens with one attached hydrogen (secondary N) is 1. The maximum absolute atomic E-state index is 15.2. The lowest BCUT2D eigenvalue weighted by atomic mass is 10.1. The van der Waals surface area contributed by atoms with Gasteiger partial charge in [-0.3, -0.25) is 0 Å². The lowest BCUT2D eigenvalue weighted by Crippen LogP contribution is -2.23. The number of hydrogen-bond donors (Lipinski definition) is 2. The molecule has 2 aromatic carbocycles. The molecule has 0 bridgehead atoms. The van der Waals surface area contributed by atoms with Crippen LogP contribution in [0.15, 0.2) is 54.9 Å². The number of halogens is 2. The van der Waals surface area contributed by atoms with E-state index in [4.69, 9.17) is 15.6 Å². The van der Waals surface area contributed by atoms with Gasteiger partial charge < -0.3 is 15.8 Å². The Balaban J connectivity index is 0.00000289. The average Bonchev–Trinajstić information content (AvgIpc) is 3.15. The van der Waals surface area contributed by atoms with E-state index in [1.807, 2.05) is 42.1 Å². The highest BCUT2D eigenvalue weighted by atomic mass is 35.5. The Morgan fingerprint density at radius 2 is 1.91 bits per heavy atom. The maximum Gasteiger partial charge on any atom is 0.164 e. The SMILES string of the molecule is CCCC(CNC)n1nc(-c2ccc(Oc3ccccc3)cc2F)c2c(N)ncnc21.Cl. The highest BCUT2D eigenvalue weighted by Gasteiger charge is 2.23. The van der Waals surface area contributed by atoms with Crippen molar-refractivity contribution in [3.05, 3.63) is 60.7 Å². The molecule has 0 aliphatic heterocycles. The van der Waals surface area contributed by atoms with Gasteiger partial charge in [0.1, 0.15) is 35.2 Å². The Labute approximate surface area is 192 Å². The number of hydrogen-bond acceptors (Lipinski definition) is 6. The van der Waals surface area contributed by atoms with Crippen LogP contribution >= 0.6 is 12.4 Å². The van der Waals surface area contributed by atoms with Gasteiger partial charge in [-0.05, 0) is 37.7 Å². The van der Waals surface area contributed by atoms with Gasteiger partial charge in [0, 0.05) is 18.2 Å². The molecule has 0 aliphatic carbocycles. The average molecular weight is 457 g/mol. The van der Waals surface area contributed by atoms with Crippen molar-refractivity contribution in [1.29, 1.82) is 0 Å². The van der Waals surface area contributed by atoms with Crippen LogP contribution in [0.4, 0.5) is 10.2 Å². The first-order valence-corrected chi connectivity index (χ1v) is 10.3. The lowest BCUT2D eigenvalue weighted by Gasteiger charge is -2.16. The molecule has 32 heavy (non-hydrogen) atoms. The third kappa shape index (κ3) is 4.66. The van der Waals surface area contributed by atoms with Crippen molar-refractivity contribution in [2.75, 3.05) is 19.3 Å². The predicted molar refractivity (Wildman–Crippen MR) is 127 cm³/mol. The molecule has 2 heterocycles. The number of ether oxygens (including phenoxy) is 1. The third-order valence-electron chi connectivity index (χ3n) is 5.10. The predicted octanol–water partition coefficient (Wildman–Crippen LogP) is 4.99. The molecule has 2 aromatic heterocycles. The fraction of sp³-hybridized carbons (Fsp3) is 0.261. The zero-order valence-corrected chi connectivity index (χ0v) is 18.8. The van der Waals surface area contributed by atoms with E-state index in [1.165, 1.54) is 12.4 Å². The number of rotatable bonds is 8. The van der Waals surface area contributed by atoms with Gasteiger partial charge in [-0.2, -0.15) is 5.10 Å². The van der Waals surface area contributed by atoms with E-state index in [-0.39, 0.29) is 24.3 Å². The quantitative estimate of drug-likeness (QED) is 0.388. The summed E-state index contributed by atoms with van der Waals surface area (Å²) in [6, 6.07) is 14.0. The molecule has 9 heteroatoms. The van der Waals surface area contributed by atoms with E-state index >= 15 is 4.39 Å². The largest absolute Gasteiger partial charge is 0.457 e. The zero-order valence-electron chi connectivity index (χ0n) is 18.0. The van der Waals surface area contributed by atoms with Gasteiger partial charge in [0.05, 0.1) is 11.4 Å². The van der Waals surface area contributed by atoms with Crippen molar-refractivity contribution >= 4 is 29.3 Å². The van der Waals surface area contributed by atoms with Gasteiger partial charge in [-0.25, -0.2) is 19.0 Å². The second-order valence-corrected chi connectivity index (χ2v) is 7.31. The standard InChI is InChI=1S/C23H25FN6O.ClH/c1-3-7-15(13-26-2)30-23-20(22(25)27-14-28-23)21(29-30)18-11-10-17(12-19(18)24)31-16-8-5-4-6-9-16;/h4-6,8-12,14-15,26H,3,7,13H2,1-2H3,(H2,25,27,28);1H. The van der Waals surface area contributed by atoms with Gasteiger partial charge in [0.15, 0.2) is 5.65 Å². The molecule has 0 spiro atoms. The number of fused-ring (bicyclic) bond motifs is 1. The molecule has 0 radical (unpaired) electrons. The fourth-order valence-electron chi connectivity index (χ4n) is 3.69. The van der Waals surface area contributed by atoms with Crippen LogP contribution in [0.3, 0.4) is 0 Å². The van der Waals surface area contributed by atoms with Gasteiger partial charge in [-0.1, -0.05) is 31.5 Å². The topological polar surface area (TPSA) is 90.9 Å². The highest BCUT2D eigenvalue weighted by molar-refractivity contribution is 5.98. The van der Waals surface area contributed by atoms with Crippen molar-refractivity contribution in [3.8, 4) is 22.8 Å². The van der Waals surface area contributed by atoms with Crippen LogP contribution in [0.25, 0.3) is 22.3 Å². The van der Waals surface area contributed by atoms with Gasteiger partial charge in [-0.15, -0.1) is 12.4 Å². The number of anilines is 1. The van der Waals surface area contributed by atoms with Crippen LogP contribution in [-0.4, -0.2) is 33.3 Å². The summed E-state index contributed by atoms with van der Waals surface area (Å²) in [4.78, 5) is 8.52. The number of aromatic nitrogens is 4. The Morgan fingerprint density at radius 1 is 1.12 bits per heavy atom. The summed E-state index contributed by atoms with van der Waals surface area (Å²) in [5, 5.41) is 8.49. The second-order valence-electron chi connectivity index (χ2n) is 7.31.